The molecule has 3 nitrogen and oxygen atoms in total. The Bertz CT molecular complexity index is 642. The highest BCUT2D eigenvalue weighted by molar-refractivity contribution is 8.01. The minimum Gasteiger partial charge on any atom is -0.497 e. The third kappa shape index (κ3) is 2.71. The fourth-order valence-corrected chi connectivity index (χ4v) is 4.06. The second-order valence-corrected chi connectivity index (χ2v) is 6.49. The topological polar surface area (TPSA) is 29.5 Å². The van der Waals surface area contributed by atoms with Crippen LogP contribution in [0.15, 0.2) is 54.6 Å². The van der Waals surface area contributed by atoms with E-state index in [0.29, 0.717) is 0 Å². The van der Waals surface area contributed by atoms with Gasteiger partial charge in [0.25, 0.3) is 0 Å². The fourth-order valence-electron chi connectivity index (χ4n) is 2.67. The predicted octanol–water partition coefficient (Wildman–Crippen LogP) is 4.25. The van der Waals surface area contributed by atoms with Crippen LogP contribution in [0.3, 0.4) is 0 Å². The van der Waals surface area contributed by atoms with Crippen molar-refractivity contribution in [2.45, 2.75) is 24.0 Å². The van der Waals surface area contributed by atoms with E-state index in [1.54, 1.807) is 18.9 Å². The van der Waals surface area contributed by atoms with E-state index in [4.69, 9.17) is 4.74 Å². The highest BCUT2D eigenvalue weighted by Gasteiger charge is 2.40. The van der Waals surface area contributed by atoms with Gasteiger partial charge in [-0.3, -0.25) is 9.69 Å². The van der Waals surface area contributed by atoms with Crippen LogP contribution >= 0.6 is 11.8 Å². The van der Waals surface area contributed by atoms with Gasteiger partial charge in [0.15, 0.2) is 0 Å². The Morgan fingerprint density at radius 2 is 1.77 bits per heavy atom. The first-order valence-corrected chi connectivity index (χ1v) is 8.36. The maximum absolute atomic E-state index is 12.7. The van der Waals surface area contributed by atoms with Crippen molar-refractivity contribution in [1.82, 2.24) is 0 Å². The highest BCUT2D eigenvalue weighted by Crippen LogP contribution is 2.46. The molecule has 0 bridgehead atoms. The van der Waals surface area contributed by atoms with Gasteiger partial charge in [-0.15, -0.1) is 11.8 Å². The molecule has 0 aromatic heterocycles. The van der Waals surface area contributed by atoms with Crippen LogP contribution in [-0.4, -0.2) is 18.3 Å². The molecule has 4 heteroatoms. The van der Waals surface area contributed by atoms with Gasteiger partial charge in [0.1, 0.15) is 11.1 Å². The van der Waals surface area contributed by atoms with Crippen molar-refractivity contribution in [2.75, 3.05) is 12.0 Å². The zero-order valence-corrected chi connectivity index (χ0v) is 13.5. The molecule has 1 aliphatic rings. The number of hydrogen-bond acceptors (Lipinski definition) is 3. The average Bonchev–Trinajstić information content (AvgIpc) is 2.92. The second-order valence-electron chi connectivity index (χ2n) is 5.20. The molecule has 0 aliphatic carbocycles. The van der Waals surface area contributed by atoms with Crippen LogP contribution in [0.4, 0.5) is 5.69 Å². The van der Waals surface area contributed by atoms with Crippen molar-refractivity contribution in [1.29, 1.82) is 0 Å². The zero-order chi connectivity index (χ0) is 15.5. The van der Waals surface area contributed by atoms with E-state index in [9.17, 15) is 4.79 Å². The van der Waals surface area contributed by atoms with E-state index in [1.165, 1.54) is 0 Å². The molecule has 2 atom stereocenters. The molecule has 22 heavy (non-hydrogen) atoms. The summed E-state index contributed by atoms with van der Waals surface area (Å²) in [4.78, 5) is 14.7. The number of rotatable bonds is 4. The smallest absolute Gasteiger partial charge is 0.241 e. The molecule has 0 saturated carbocycles. The number of carbonyl (C=O) groups is 1. The Hall–Kier alpha value is -1.94. The van der Waals surface area contributed by atoms with Crippen molar-refractivity contribution in [3.8, 4) is 5.75 Å². The Labute approximate surface area is 135 Å². The van der Waals surface area contributed by atoms with Crippen molar-refractivity contribution in [3.63, 3.8) is 0 Å². The summed E-state index contributed by atoms with van der Waals surface area (Å²) in [6.07, 6.45) is 0.847. The van der Waals surface area contributed by atoms with Gasteiger partial charge in [-0.05, 0) is 36.2 Å². The number of anilines is 1. The van der Waals surface area contributed by atoms with Crippen molar-refractivity contribution < 1.29 is 9.53 Å². The minimum atomic E-state index is 0.0207. The number of hydrogen-bond donors (Lipinski definition) is 0. The molecule has 114 valence electrons. The summed E-state index contributed by atoms with van der Waals surface area (Å²) in [6, 6.07) is 17.9. The van der Waals surface area contributed by atoms with Gasteiger partial charge in [0, 0.05) is 5.69 Å². The molecule has 2 aromatic carbocycles. The van der Waals surface area contributed by atoms with Crippen LogP contribution < -0.4 is 9.64 Å². The first kappa shape index (κ1) is 15.0. The molecule has 1 fully saturated rings. The Morgan fingerprint density at radius 1 is 1.09 bits per heavy atom. The third-order valence-corrected chi connectivity index (χ3v) is 5.45. The van der Waals surface area contributed by atoms with Gasteiger partial charge in [-0.25, -0.2) is 0 Å². The summed E-state index contributed by atoms with van der Waals surface area (Å²) in [5, 5.41) is 0.0550. The lowest BCUT2D eigenvalue weighted by molar-refractivity contribution is -0.117. The highest BCUT2D eigenvalue weighted by atomic mass is 32.2. The zero-order valence-electron chi connectivity index (χ0n) is 12.7. The first-order chi connectivity index (χ1) is 10.7. The molecule has 2 unspecified atom stereocenters. The lowest BCUT2D eigenvalue weighted by Crippen LogP contribution is -2.30. The maximum atomic E-state index is 12.7. The average molecular weight is 313 g/mol. The number of amides is 1. The quantitative estimate of drug-likeness (QED) is 0.845. The first-order valence-electron chi connectivity index (χ1n) is 7.42. The number of nitrogens with zero attached hydrogens (tertiary/aromatic N) is 1. The lowest BCUT2D eigenvalue weighted by Gasteiger charge is -2.24. The van der Waals surface area contributed by atoms with Crippen molar-refractivity contribution in [2.24, 2.45) is 0 Å². The number of carbonyl (C=O) groups excluding carboxylic acids is 1. The number of methoxy groups -OCH3 is 1. The normalized spacial score (nSPS) is 21.2. The van der Waals surface area contributed by atoms with E-state index in [2.05, 4.69) is 19.1 Å². The van der Waals surface area contributed by atoms with E-state index in [-0.39, 0.29) is 16.5 Å². The molecule has 0 N–H and O–H groups in total. The van der Waals surface area contributed by atoms with E-state index in [0.717, 1.165) is 23.4 Å². The fraction of sp³-hybridized carbons (Fsp3) is 0.278. The number of thioether (sulfide) groups is 1. The summed E-state index contributed by atoms with van der Waals surface area (Å²) < 4.78 is 5.20. The van der Waals surface area contributed by atoms with Crippen molar-refractivity contribution >= 4 is 23.4 Å². The van der Waals surface area contributed by atoms with Crippen LogP contribution in [-0.2, 0) is 4.79 Å². The van der Waals surface area contributed by atoms with Crippen LogP contribution in [0, 0.1) is 0 Å². The van der Waals surface area contributed by atoms with Crippen LogP contribution in [0.1, 0.15) is 24.3 Å². The maximum Gasteiger partial charge on any atom is 0.241 e. The van der Waals surface area contributed by atoms with Gasteiger partial charge >= 0.3 is 0 Å². The van der Waals surface area contributed by atoms with E-state index < -0.39 is 0 Å². The molecule has 1 heterocycles. The molecule has 0 radical (unpaired) electrons. The molecular formula is C18H19NO2S. The Morgan fingerprint density at radius 3 is 2.36 bits per heavy atom. The molecule has 2 aromatic rings. The van der Waals surface area contributed by atoms with Crippen LogP contribution in [0.5, 0.6) is 5.75 Å². The largest absolute Gasteiger partial charge is 0.497 e. The Kier molecular flexibility index (Phi) is 4.39. The summed E-state index contributed by atoms with van der Waals surface area (Å²) >= 11 is 1.73. The standard InChI is InChI=1S/C18H19NO2S/c1-3-16-17(20)19(14-9-11-15(21-2)12-10-14)18(22-16)13-7-5-4-6-8-13/h4-12,16,18H,3H2,1-2H3. The predicted molar refractivity (Wildman–Crippen MR) is 91.3 cm³/mol. The molecule has 1 aliphatic heterocycles. The molecule has 1 saturated heterocycles. The number of ether oxygens (including phenoxy) is 1. The van der Waals surface area contributed by atoms with Gasteiger partial charge in [0.05, 0.1) is 12.4 Å². The minimum absolute atomic E-state index is 0.0207. The molecule has 0 spiro atoms. The second kappa shape index (κ2) is 6.44. The van der Waals surface area contributed by atoms with Gasteiger partial charge < -0.3 is 4.74 Å². The van der Waals surface area contributed by atoms with Crippen LogP contribution in [0.25, 0.3) is 0 Å². The summed E-state index contributed by atoms with van der Waals surface area (Å²) in [5.41, 5.74) is 2.08. The van der Waals surface area contributed by atoms with Crippen LogP contribution in [0.2, 0.25) is 0 Å². The van der Waals surface area contributed by atoms with Gasteiger partial charge in [-0.2, -0.15) is 0 Å². The van der Waals surface area contributed by atoms with E-state index >= 15 is 0 Å². The van der Waals surface area contributed by atoms with Crippen molar-refractivity contribution in [3.05, 3.63) is 60.2 Å². The monoisotopic (exact) mass is 313 g/mol. The van der Waals surface area contributed by atoms with Gasteiger partial charge in [-0.1, -0.05) is 37.3 Å². The van der Waals surface area contributed by atoms with Gasteiger partial charge in [0.2, 0.25) is 5.91 Å². The molecule has 3 rings (SSSR count). The third-order valence-electron chi connectivity index (χ3n) is 3.85. The molecular weight excluding hydrogens is 294 g/mol. The summed E-state index contributed by atoms with van der Waals surface area (Å²) in [6.45, 7) is 2.06. The SMILES string of the molecule is CCC1SC(c2ccccc2)N(c2ccc(OC)cc2)C1=O. The van der Waals surface area contributed by atoms with E-state index in [1.807, 2.05) is 47.4 Å². The number of benzene rings is 2. The summed E-state index contributed by atoms with van der Waals surface area (Å²) in [7, 11) is 1.64. The molecule has 1 amide bonds. The lowest BCUT2D eigenvalue weighted by atomic mass is 10.1. The Balaban J connectivity index is 1.98. The summed E-state index contributed by atoms with van der Waals surface area (Å²) in [5.74, 6) is 0.984.